The molecule has 4 rings (SSSR count). The maximum Gasteiger partial charge on any atom is 0.404 e. The number of carbonyl (C=O) groups is 1. The number of pyridine rings is 1. The van der Waals surface area contributed by atoms with Crippen LogP contribution in [0.2, 0.25) is 0 Å². The average molecular weight is 497 g/mol. The third kappa shape index (κ3) is 5.22. The summed E-state index contributed by atoms with van der Waals surface area (Å²) in [5.74, 6) is 2.25. The summed E-state index contributed by atoms with van der Waals surface area (Å²) in [4.78, 5) is 14.8. The predicted octanol–water partition coefficient (Wildman–Crippen LogP) is 6.14. The van der Waals surface area contributed by atoms with E-state index >= 15 is 0 Å². The van der Waals surface area contributed by atoms with E-state index in [1.165, 1.54) is 11.1 Å². The molecule has 0 atom stereocenters. The summed E-state index contributed by atoms with van der Waals surface area (Å²) in [6.45, 7) is 4.37. The van der Waals surface area contributed by atoms with E-state index in [0.717, 1.165) is 16.1 Å². The zero-order valence-electron chi connectivity index (χ0n) is 17.9. The van der Waals surface area contributed by atoms with Crippen molar-refractivity contribution in [1.82, 2.24) is 10.3 Å². The van der Waals surface area contributed by atoms with Crippen LogP contribution in [0.15, 0.2) is 71.5 Å². The first-order chi connectivity index (χ1) is 15.3. The number of amides is 1. The van der Waals surface area contributed by atoms with E-state index < -0.39 is 6.09 Å². The molecule has 32 heavy (non-hydrogen) atoms. The Morgan fingerprint density at radius 3 is 2.06 bits per heavy atom. The molecular formula is C25H25BrN2O4. The van der Waals surface area contributed by atoms with Crippen LogP contribution in [-0.4, -0.2) is 28.3 Å². The van der Waals surface area contributed by atoms with Gasteiger partial charge in [0, 0.05) is 24.3 Å². The van der Waals surface area contributed by atoms with Gasteiger partial charge in [0.2, 0.25) is 0 Å². The zero-order chi connectivity index (χ0) is 22.7. The van der Waals surface area contributed by atoms with Crippen LogP contribution < -0.4 is 14.8 Å². The Bertz CT molecular complexity index is 1060. The molecule has 0 radical (unpaired) electrons. The molecule has 2 aromatic carbocycles. The Kier molecular flexibility index (Phi) is 6.37. The summed E-state index contributed by atoms with van der Waals surface area (Å²) in [6.07, 6.45) is 2.15. The van der Waals surface area contributed by atoms with Crippen molar-refractivity contribution in [2.24, 2.45) is 0 Å². The highest BCUT2D eigenvalue weighted by molar-refractivity contribution is 9.10. The number of halogens is 1. The molecule has 1 aliphatic rings. The van der Waals surface area contributed by atoms with E-state index in [1.54, 1.807) is 6.20 Å². The van der Waals surface area contributed by atoms with Gasteiger partial charge in [0.1, 0.15) is 28.0 Å². The van der Waals surface area contributed by atoms with E-state index in [-0.39, 0.29) is 17.6 Å². The molecule has 7 heteroatoms. The summed E-state index contributed by atoms with van der Waals surface area (Å²) in [5, 5.41) is 11.2. The molecule has 166 valence electrons. The molecule has 6 nitrogen and oxygen atoms in total. The van der Waals surface area contributed by atoms with Crippen molar-refractivity contribution in [3.8, 4) is 17.2 Å². The molecule has 1 aromatic heterocycles. The molecule has 0 saturated heterocycles. The predicted molar refractivity (Wildman–Crippen MR) is 126 cm³/mol. The Balaban J connectivity index is 1.37. The van der Waals surface area contributed by atoms with Crippen molar-refractivity contribution in [2.45, 2.75) is 44.2 Å². The molecule has 0 aliphatic heterocycles. The maximum absolute atomic E-state index is 10.7. The largest absolute Gasteiger partial charge is 0.490 e. The van der Waals surface area contributed by atoms with Gasteiger partial charge in [-0.1, -0.05) is 38.1 Å². The monoisotopic (exact) mass is 496 g/mol. The van der Waals surface area contributed by atoms with Gasteiger partial charge in [0.05, 0.1) is 6.20 Å². The number of hydrogen-bond donors (Lipinski definition) is 2. The van der Waals surface area contributed by atoms with Crippen molar-refractivity contribution in [3.63, 3.8) is 0 Å². The van der Waals surface area contributed by atoms with Crippen LogP contribution >= 0.6 is 15.9 Å². The first kappa shape index (κ1) is 22.1. The number of nitrogens with one attached hydrogen (secondary N) is 1. The van der Waals surface area contributed by atoms with Gasteiger partial charge < -0.3 is 19.9 Å². The summed E-state index contributed by atoms with van der Waals surface area (Å²) >= 11 is 3.32. The molecule has 1 saturated carbocycles. The zero-order valence-corrected chi connectivity index (χ0v) is 19.5. The van der Waals surface area contributed by atoms with Gasteiger partial charge in [-0.3, -0.25) is 0 Å². The summed E-state index contributed by atoms with van der Waals surface area (Å²) in [6, 6.07) is 19.9. The number of ether oxygens (including phenoxy) is 2. The first-order valence-electron chi connectivity index (χ1n) is 10.5. The van der Waals surface area contributed by atoms with Gasteiger partial charge in [-0.15, -0.1) is 0 Å². The van der Waals surface area contributed by atoms with Gasteiger partial charge in [-0.25, -0.2) is 9.78 Å². The fraction of sp³-hybridized carbons (Fsp3) is 0.280. The second-order valence-corrected chi connectivity index (χ2v) is 9.26. The van der Waals surface area contributed by atoms with Crippen molar-refractivity contribution in [3.05, 3.63) is 82.6 Å². The van der Waals surface area contributed by atoms with E-state index in [0.29, 0.717) is 18.6 Å². The van der Waals surface area contributed by atoms with Crippen LogP contribution in [0, 0.1) is 0 Å². The highest BCUT2D eigenvalue weighted by atomic mass is 79.9. The Hall–Kier alpha value is -3.06. The van der Waals surface area contributed by atoms with Crippen molar-refractivity contribution in [2.75, 3.05) is 0 Å². The normalized spacial score (nSPS) is 17.8. The number of benzene rings is 2. The summed E-state index contributed by atoms with van der Waals surface area (Å²) < 4.78 is 12.6. The molecule has 1 heterocycles. The molecular weight excluding hydrogens is 472 g/mol. The minimum absolute atomic E-state index is 0.0114. The Morgan fingerprint density at radius 1 is 0.969 bits per heavy atom. The molecule has 1 amide bonds. The smallest absolute Gasteiger partial charge is 0.404 e. The quantitative estimate of drug-likeness (QED) is 0.384. The van der Waals surface area contributed by atoms with Gasteiger partial charge in [-0.05, 0) is 63.5 Å². The molecule has 3 aromatic rings. The number of carboxylic acid groups (broad SMARTS) is 1. The Morgan fingerprint density at radius 2 is 1.53 bits per heavy atom. The number of rotatable bonds is 7. The lowest BCUT2D eigenvalue weighted by Crippen LogP contribution is -2.48. The van der Waals surface area contributed by atoms with Crippen LogP contribution in [0.3, 0.4) is 0 Å². The van der Waals surface area contributed by atoms with Crippen molar-refractivity contribution < 1.29 is 19.4 Å². The van der Waals surface area contributed by atoms with Crippen LogP contribution in [0.5, 0.6) is 17.2 Å². The lowest BCUT2D eigenvalue weighted by atomic mass is 9.78. The van der Waals surface area contributed by atoms with Crippen molar-refractivity contribution >= 4 is 22.0 Å². The summed E-state index contributed by atoms with van der Waals surface area (Å²) in [5.41, 5.74) is 2.16. The average Bonchev–Trinajstić information content (AvgIpc) is 2.74. The summed E-state index contributed by atoms with van der Waals surface area (Å²) in [7, 11) is 0. The molecule has 0 bridgehead atoms. The molecule has 0 spiro atoms. The first-order valence-corrected chi connectivity index (χ1v) is 11.3. The van der Waals surface area contributed by atoms with E-state index in [4.69, 9.17) is 14.6 Å². The van der Waals surface area contributed by atoms with Crippen LogP contribution in [0.25, 0.3) is 0 Å². The van der Waals surface area contributed by atoms with Crippen LogP contribution in [-0.2, 0) is 5.41 Å². The molecule has 0 unspecified atom stereocenters. The number of nitrogens with zero attached hydrogens (tertiary/aromatic N) is 1. The maximum atomic E-state index is 10.7. The van der Waals surface area contributed by atoms with Crippen LogP contribution in [0.1, 0.15) is 37.8 Å². The molecule has 2 N–H and O–H groups in total. The topological polar surface area (TPSA) is 80.7 Å². The van der Waals surface area contributed by atoms with Crippen LogP contribution in [0.4, 0.5) is 4.79 Å². The van der Waals surface area contributed by atoms with E-state index in [1.807, 2.05) is 36.4 Å². The highest BCUT2D eigenvalue weighted by Gasteiger charge is 2.32. The van der Waals surface area contributed by atoms with E-state index in [2.05, 4.69) is 64.3 Å². The van der Waals surface area contributed by atoms with Gasteiger partial charge in [-0.2, -0.15) is 0 Å². The van der Waals surface area contributed by atoms with Gasteiger partial charge in [0.15, 0.2) is 0 Å². The standard InChI is InChI=1S/C25H25BrN2O4/c1-25(2,16-3-7-19(8-4-16)31-21-11-12-23(26)27-15-21)17-5-9-20(10-6-17)32-22-13-18(14-22)28-24(29)30/h3-12,15,18,22,28H,13-14H2,1-2H3,(H,29,30)/t18-,22-. The van der Waals surface area contributed by atoms with E-state index in [9.17, 15) is 4.79 Å². The fourth-order valence-electron chi connectivity index (χ4n) is 3.76. The third-order valence-electron chi connectivity index (χ3n) is 5.81. The molecule has 1 fully saturated rings. The van der Waals surface area contributed by atoms with Gasteiger partial charge >= 0.3 is 6.09 Å². The van der Waals surface area contributed by atoms with Crippen molar-refractivity contribution in [1.29, 1.82) is 0 Å². The van der Waals surface area contributed by atoms with Gasteiger partial charge in [0.25, 0.3) is 0 Å². The lowest BCUT2D eigenvalue weighted by Gasteiger charge is -2.35. The number of aromatic nitrogens is 1. The minimum Gasteiger partial charge on any atom is -0.490 e. The highest BCUT2D eigenvalue weighted by Crippen LogP contribution is 2.35. The fourth-order valence-corrected chi connectivity index (χ4v) is 4.00. The minimum atomic E-state index is -0.982. The third-order valence-corrected chi connectivity index (χ3v) is 6.28. The second kappa shape index (κ2) is 9.20. The molecule has 1 aliphatic carbocycles. The number of hydrogen-bond acceptors (Lipinski definition) is 4. The SMILES string of the molecule is CC(C)(c1ccc(Oc2ccc(Br)nc2)cc1)c1ccc(O[C@H]2C[C@H](NC(=O)O)C2)cc1. The Labute approximate surface area is 195 Å². The second-order valence-electron chi connectivity index (χ2n) is 8.45. The lowest BCUT2D eigenvalue weighted by molar-refractivity contribution is 0.0833.